The van der Waals surface area contributed by atoms with Gasteiger partial charge in [0.05, 0.1) is 11.6 Å². The topological polar surface area (TPSA) is 70.4 Å². The number of benzene rings is 1. The molecule has 0 aliphatic heterocycles. The number of rotatable bonds is 5. The molecule has 0 unspecified atom stereocenters. The largest absolute Gasteiger partial charge is 0.480 e. The summed E-state index contributed by atoms with van der Waals surface area (Å²) >= 11 is 5.84. The van der Waals surface area contributed by atoms with Crippen molar-refractivity contribution in [2.75, 3.05) is 13.2 Å². The van der Waals surface area contributed by atoms with Gasteiger partial charge in [0, 0.05) is 18.7 Å². The van der Waals surface area contributed by atoms with Crippen molar-refractivity contribution < 1.29 is 31.8 Å². The molecule has 27 heavy (non-hydrogen) atoms. The second-order valence-corrected chi connectivity index (χ2v) is 5.63. The fourth-order valence-electron chi connectivity index (χ4n) is 2.15. The molecule has 146 valence electrons. The summed E-state index contributed by atoms with van der Waals surface area (Å²) in [6, 6.07) is 2.10. The van der Waals surface area contributed by atoms with Gasteiger partial charge in [-0.1, -0.05) is 11.6 Å². The van der Waals surface area contributed by atoms with Crippen LogP contribution in [0.2, 0.25) is 5.02 Å². The van der Waals surface area contributed by atoms with Gasteiger partial charge in [-0.15, -0.1) is 0 Å². The highest BCUT2D eigenvalue weighted by atomic mass is 35.5. The van der Waals surface area contributed by atoms with Crippen LogP contribution in [0.3, 0.4) is 0 Å². The molecular formula is C16H13ClF4N2O4. The summed E-state index contributed by atoms with van der Waals surface area (Å²) < 4.78 is 63.0. The molecule has 0 aliphatic carbocycles. The summed E-state index contributed by atoms with van der Waals surface area (Å²) in [5, 5.41) is 3.32. The van der Waals surface area contributed by atoms with Gasteiger partial charge in [-0.05, 0) is 19.1 Å². The molecule has 0 saturated heterocycles. The summed E-state index contributed by atoms with van der Waals surface area (Å²) in [6.07, 6.45) is -4.80. The second kappa shape index (κ2) is 7.95. The van der Waals surface area contributed by atoms with E-state index in [-0.39, 0.29) is 17.4 Å². The molecule has 11 heteroatoms. The Hall–Kier alpha value is -2.62. The van der Waals surface area contributed by atoms with Crippen molar-refractivity contribution in [3.63, 3.8) is 0 Å². The Morgan fingerprint density at radius 2 is 1.96 bits per heavy atom. The van der Waals surface area contributed by atoms with Crippen molar-refractivity contribution in [2.24, 2.45) is 7.05 Å². The Morgan fingerprint density at radius 3 is 2.56 bits per heavy atom. The standard InChI is InChI=1S/C16H13ClF4N2O4/c1-3-26-14(25)7-27-12-4-8(10(18)5-9(12)17)15-11(24)6-13(16(19,20)21)23(2)22-15/h4-6H,3,7H2,1-2H3. The molecule has 1 aromatic heterocycles. The molecule has 0 spiro atoms. The molecule has 0 aliphatic rings. The normalized spacial score (nSPS) is 11.4. The minimum Gasteiger partial charge on any atom is -0.480 e. The van der Waals surface area contributed by atoms with Gasteiger partial charge in [-0.2, -0.15) is 18.3 Å². The Bertz CT molecular complexity index is 928. The maximum absolute atomic E-state index is 14.2. The smallest absolute Gasteiger partial charge is 0.433 e. The summed E-state index contributed by atoms with van der Waals surface area (Å²) in [6.45, 7) is 1.18. The highest BCUT2D eigenvalue weighted by Crippen LogP contribution is 2.33. The lowest BCUT2D eigenvalue weighted by Crippen LogP contribution is -2.23. The zero-order chi connectivity index (χ0) is 20.4. The van der Waals surface area contributed by atoms with Crippen molar-refractivity contribution in [3.8, 4) is 17.0 Å². The van der Waals surface area contributed by atoms with E-state index in [1.165, 1.54) is 0 Å². The van der Waals surface area contributed by atoms with E-state index in [0.717, 1.165) is 19.2 Å². The third kappa shape index (κ3) is 4.76. The van der Waals surface area contributed by atoms with Gasteiger partial charge < -0.3 is 9.47 Å². The fourth-order valence-corrected chi connectivity index (χ4v) is 2.36. The van der Waals surface area contributed by atoms with E-state index in [4.69, 9.17) is 16.3 Å². The fraction of sp³-hybridized carbons (Fsp3) is 0.312. The zero-order valence-corrected chi connectivity index (χ0v) is 14.8. The lowest BCUT2D eigenvalue weighted by molar-refractivity contribution is -0.145. The number of nitrogens with zero attached hydrogens (tertiary/aromatic N) is 2. The van der Waals surface area contributed by atoms with Gasteiger partial charge in [0.25, 0.3) is 0 Å². The maximum Gasteiger partial charge on any atom is 0.433 e. The Balaban J connectivity index is 2.47. The minimum absolute atomic E-state index is 0.121. The third-order valence-corrected chi connectivity index (χ3v) is 3.61. The Kier molecular flexibility index (Phi) is 6.09. The summed E-state index contributed by atoms with van der Waals surface area (Å²) in [7, 11) is 0.970. The number of ether oxygens (including phenoxy) is 2. The van der Waals surface area contributed by atoms with Crippen LogP contribution in [0, 0.1) is 5.82 Å². The van der Waals surface area contributed by atoms with Crippen LogP contribution in [-0.2, 0) is 22.8 Å². The van der Waals surface area contributed by atoms with E-state index in [1.807, 2.05) is 0 Å². The molecule has 0 atom stereocenters. The van der Waals surface area contributed by atoms with Crippen molar-refractivity contribution in [1.82, 2.24) is 9.78 Å². The Labute approximate surface area is 155 Å². The molecule has 0 radical (unpaired) electrons. The van der Waals surface area contributed by atoms with Crippen molar-refractivity contribution >= 4 is 17.6 Å². The second-order valence-electron chi connectivity index (χ2n) is 5.22. The van der Waals surface area contributed by atoms with Gasteiger partial charge in [-0.25, -0.2) is 9.18 Å². The number of esters is 1. The summed E-state index contributed by atoms with van der Waals surface area (Å²) in [5.74, 6) is -1.86. The van der Waals surface area contributed by atoms with Crippen LogP contribution in [0.15, 0.2) is 23.0 Å². The number of halogens is 5. The van der Waals surface area contributed by atoms with Gasteiger partial charge in [0.2, 0.25) is 5.43 Å². The zero-order valence-electron chi connectivity index (χ0n) is 14.1. The van der Waals surface area contributed by atoms with Crippen LogP contribution in [0.1, 0.15) is 12.6 Å². The SMILES string of the molecule is CCOC(=O)COc1cc(-c2nn(C)c(C(F)(F)F)cc2=O)c(F)cc1Cl. The summed E-state index contributed by atoms with van der Waals surface area (Å²) in [5.41, 5.74) is -3.42. The van der Waals surface area contributed by atoms with Crippen LogP contribution in [-0.4, -0.2) is 29.0 Å². The minimum atomic E-state index is -4.80. The van der Waals surface area contributed by atoms with E-state index in [9.17, 15) is 27.2 Å². The molecule has 2 aromatic rings. The first-order valence-corrected chi connectivity index (χ1v) is 7.85. The number of aryl methyl sites for hydroxylation is 1. The van der Waals surface area contributed by atoms with E-state index < -0.39 is 46.9 Å². The Morgan fingerprint density at radius 1 is 1.30 bits per heavy atom. The molecular weight excluding hydrogens is 396 g/mol. The van der Waals surface area contributed by atoms with Crippen molar-refractivity contribution in [1.29, 1.82) is 0 Å². The monoisotopic (exact) mass is 408 g/mol. The number of hydrogen-bond acceptors (Lipinski definition) is 5. The quantitative estimate of drug-likeness (QED) is 0.561. The van der Waals surface area contributed by atoms with Crippen LogP contribution >= 0.6 is 11.6 Å². The molecule has 2 rings (SSSR count). The summed E-state index contributed by atoms with van der Waals surface area (Å²) in [4.78, 5) is 23.4. The average Bonchev–Trinajstić information content (AvgIpc) is 2.55. The van der Waals surface area contributed by atoms with Crippen molar-refractivity contribution in [2.45, 2.75) is 13.1 Å². The lowest BCUT2D eigenvalue weighted by Gasteiger charge is -2.13. The van der Waals surface area contributed by atoms with Crippen molar-refractivity contribution in [3.05, 3.63) is 45.0 Å². The van der Waals surface area contributed by atoms with E-state index in [2.05, 4.69) is 9.84 Å². The van der Waals surface area contributed by atoms with Gasteiger partial charge >= 0.3 is 12.1 Å². The first kappa shape index (κ1) is 20.7. The number of aromatic nitrogens is 2. The highest BCUT2D eigenvalue weighted by Gasteiger charge is 2.34. The molecule has 1 aromatic carbocycles. The van der Waals surface area contributed by atoms with Crippen LogP contribution in [0.25, 0.3) is 11.3 Å². The van der Waals surface area contributed by atoms with Gasteiger partial charge in [0.15, 0.2) is 6.61 Å². The third-order valence-electron chi connectivity index (χ3n) is 3.32. The first-order valence-electron chi connectivity index (χ1n) is 7.48. The lowest BCUT2D eigenvalue weighted by atomic mass is 10.1. The molecule has 6 nitrogen and oxygen atoms in total. The number of hydrogen-bond donors (Lipinski definition) is 0. The van der Waals surface area contributed by atoms with Gasteiger partial charge in [0.1, 0.15) is 23.0 Å². The van der Waals surface area contributed by atoms with Crippen LogP contribution in [0.4, 0.5) is 17.6 Å². The molecule has 0 bridgehead atoms. The molecule has 1 heterocycles. The molecule has 0 N–H and O–H groups in total. The number of alkyl halides is 3. The predicted octanol–water partition coefficient (Wildman–Crippen LogP) is 3.20. The molecule has 0 amide bonds. The number of carbonyl (C=O) groups excluding carboxylic acids is 1. The predicted molar refractivity (Wildman–Crippen MR) is 87.0 cm³/mol. The first-order chi connectivity index (χ1) is 12.5. The maximum atomic E-state index is 14.2. The van der Waals surface area contributed by atoms with E-state index in [0.29, 0.717) is 10.7 Å². The molecule has 0 saturated carbocycles. The van der Waals surface area contributed by atoms with E-state index in [1.54, 1.807) is 6.92 Å². The van der Waals surface area contributed by atoms with Crippen LogP contribution < -0.4 is 10.2 Å². The molecule has 0 fully saturated rings. The average molecular weight is 409 g/mol. The highest BCUT2D eigenvalue weighted by molar-refractivity contribution is 6.32. The van der Waals surface area contributed by atoms with Crippen LogP contribution in [0.5, 0.6) is 5.75 Å². The van der Waals surface area contributed by atoms with E-state index >= 15 is 0 Å². The van der Waals surface area contributed by atoms with Gasteiger partial charge in [-0.3, -0.25) is 9.48 Å². The number of carbonyl (C=O) groups is 1.